The van der Waals surface area contributed by atoms with E-state index in [1.54, 1.807) is 0 Å². The van der Waals surface area contributed by atoms with Crippen molar-refractivity contribution < 1.29 is 18.3 Å². The Kier molecular flexibility index (Phi) is 6.71. The number of anilines is 1. The maximum Gasteiger partial charge on any atom is 0.387 e. The molecule has 1 aromatic heterocycles. The van der Waals surface area contributed by atoms with Crippen LogP contribution >= 0.6 is 23.4 Å². The molecule has 29 heavy (non-hydrogen) atoms. The molecule has 3 rings (SSSR count). The monoisotopic (exact) mass is 438 g/mol. The van der Waals surface area contributed by atoms with Gasteiger partial charge in [0, 0.05) is 5.69 Å². The molecule has 10 heteroatoms. The third-order valence-electron chi connectivity index (χ3n) is 3.92. The van der Waals surface area contributed by atoms with Gasteiger partial charge in [-0.1, -0.05) is 41.6 Å². The average molecular weight is 439 g/mol. The third kappa shape index (κ3) is 5.24. The first-order valence-electron chi connectivity index (χ1n) is 8.50. The first kappa shape index (κ1) is 21.1. The van der Waals surface area contributed by atoms with E-state index in [1.165, 1.54) is 30.0 Å². The molecule has 1 N–H and O–H groups in total. The minimum atomic E-state index is -2.97. The number of aromatic nitrogens is 3. The molecule has 0 fully saturated rings. The number of rotatable bonds is 7. The zero-order valence-corrected chi connectivity index (χ0v) is 17.1. The maximum absolute atomic E-state index is 12.3. The number of nitrogens with one attached hydrogen (secondary N) is 1. The molecule has 0 unspecified atom stereocenters. The summed E-state index contributed by atoms with van der Waals surface area (Å²) in [4.78, 5) is 12.3. The molecule has 0 saturated carbocycles. The van der Waals surface area contributed by atoms with Gasteiger partial charge in [-0.05, 0) is 43.7 Å². The first-order valence-corrected chi connectivity index (χ1v) is 9.86. The Morgan fingerprint density at radius 2 is 2.00 bits per heavy atom. The van der Waals surface area contributed by atoms with Crippen molar-refractivity contribution in [3.05, 3.63) is 58.9 Å². The molecule has 152 valence electrons. The molecule has 0 atom stereocenters. The minimum Gasteiger partial charge on any atom is -0.433 e. The highest BCUT2D eigenvalue weighted by Gasteiger charge is 2.15. The summed E-state index contributed by atoms with van der Waals surface area (Å²) in [5.41, 5.74) is 2.38. The van der Waals surface area contributed by atoms with Crippen molar-refractivity contribution in [1.82, 2.24) is 14.8 Å². The lowest BCUT2D eigenvalue weighted by atomic mass is 10.2. The number of halogens is 3. The number of alkyl halides is 2. The first-order chi connectivity index (χ1) is 13.8. The van der Waals surface area contributed by atoms with Gasteiger partial charge in [-0.2, -0.15) is 8.78 Å². The largest absolute Gasteiger partial charge is 0.433 e. The Balaban J connectivity index is 1.67. The average Bonchev–Trinajstić information content (AvgIpc) is 3.03. The van der Waals surface area contributed by atoms with Gasteiger partial charge in [-0.25, -0.2) is 0 Å². The Hall–Kier alpha value is -2.65. The lowest BCUT2D eigenvalue weighted by molar-refractivity contribution is -0.113. The van der Waals surface area contributed by atoms with Gasteiger partial charge in [-0.3, -0.25) is 9.36 Å². The van der Waals surface area contributed by atoms with Crippen molar-refractivity contribution in [2.75, 3.05) is 11.1 Å². The summed E-state index contributed by atoms with van der Waals surface area (Å²) in [6, 6.07) is 11.9. The van der Waals surface area contributed by atoms with Crippen LogP contribution in [0, 0.1) is 13.8 Å². The minimum absolute atomic E-state index is 0.0225. The highest BCUT2D eigenvalue weighted by Crippen LogP contribution is 2.29. The normalized spacial score (nSPS) is 11.0. The standard InChI is InChI=1S/C19H17ClF2N4O2S/c1-11-5-3-4-6-15(11)26-12(2)24-25-19(26)29-10-17(27)23-13-7-8-16(14(20)9-13)28-18(21)22/h3-9,18H,10H2,1-2H3,(H,23,27). The van der Waals surface area contributed by atoms with Crippen molar-refractivity contribution in [2.45, 2.75) is 25.6 Å². The van der Waals surface area contributed by atoms with Gasteiger partial charge in [0.2, 0.25) is 5.91 Å². The summed E-state index contributed by atoms with van der Waals surface area (Å²) < 4.78 is 30.7. The topological polar surface area (TPSA) is 69.0 Å². The number of amides is 1. The number of aryl methyl sites for hydroxylation is 2. The fourth-order valence-electron chi connectivity index (χ4n) is 2.63. The molecule has 1 heterocycles. The second-order valence-electron chi connectivity index (χ2n) is 6.01. The van der Waals surface area contributed by atoms with Crippen LogP contribution in [0.4, 0.5) is 14.5 Å². The predicted octanol–water partition coefficient (Wildman–Crippen LogP) is 4.87. The number of benzene rings is 2. The second-order valence-corrected chi connectivity index (χ2v) is 7.36. The number of thioether (sulfide) groups is 1. The van der Waals surface area contributed by atoms with Crippen molar-refractivity contribution >= 4 is 35.0 Å². The summed E-state index contributed by atoms with van der Waals surface area (Å²) in [5.74, 6) is 0.335. The van der Waals surface area contributed by atoms with Crippen molar-refractivity contribution in [3.8, 4) is 11.4 Å². The molecule has 0 spiro atoms. The molecule has 0 radical (unpaired) electrons. The van der Waals surface area contributed by atoms with Crippen molar-refractivity contribution in [1.29, 1.82) is 0 Å². The van der Waals surface area contributed by atoms with Gasteiger partial charge < -0.3 is 10.1 Å². The number of ether oxygens (including phenoxy) is 1. The molecule has 0 aliphatic heterocycles. The van der Waals surface area contributed by atoms with Crippen molar-refractivity contribution in [2.24, 2.45) is 0 Å². The quantitative estimate of drug-likeness (QED) is 0.533. The van der Waals surface area contributed by atoms with E-state index in [0.29, 0.717) is 16.7 Å². The van der Waals surface area contributed by atoms with Gasteiger partial charge in [-0.15, -0.1) is 10.2 Å². The van der Waals surface area contributed by atoms with E-state index in [2.05, 4.69) is 20.3 Å². The summed E-state index contributed by atoms with van der Waals surface area (Å²) in [7, 11) is 0. The Bertz CT molecular complexity index is 1030. The van der Waals surface area contributed by atoms with Gasteiger partial charge >= 0.3 is 6.61 Å². The molecular weight excluding hydrogens is 422 g/mol. The molecule has 6 nitrogen and oxygen atoms in total. The van der Waals surface area contributed by atoms with Crippen LogP contribution in [0.15, 0.2) is 47.6 Å². The van der Waals surface area contributed by atoms with Crippen LogP contribution in [0.25, 0.3) is 5.69 Å². The van der Waals surface area contributed by atoms with E-state index < -0.39 is 6.61 Å². The van der Waals surface area contributed by atoms with Crippen LogP contribution in [0.5, 0.6) is 5.75 Å². The van der Waals surface area contributed by atoms with Crippen LogP contribution in [-0.4, -0.2) is 33.0 Å². The molecule has 0 aliphatic carbocycles. The fourth-order valence-corrected chi connectivity index (χ4v) is 3.64. The molecule has 0 aliphatic rings. The van der Waals surface area contributed by atoms with Crippen LogP contribution in [0.2, 0.25) is 5.02 Å². The molecule has 3 aromatic rings. The van der Waals surface area contributed by atoms with Gasteiger partial charge in [0.05, 0.1) is 16.5 Å². The summed E-state index contributed by atoms with van der Waals surface area (Å²) in [6.45, 7) is 0.855. The number of carbonyl (C=O) groups is 1. The third-order valence-corrected chi connectivity index (χ3v) is 5.14. The second kappa shape index (κ2) is 9.23. The Morgan fingerprint density at radius 1 is 1.24 bits per heavy atom. The smallest absolute Gasteiger partial charge is 0.387 e. The number of hydrogen-bond donors (Lipinski definition) is 1. The zero-order chi connectivity index (χ0) is 21.0. The predicted molar refractivity (Wildman–Crippen MR) is 108 cm³/mol. The Labute approximate surface area is 175 Å². The highest BCUT2D eigenvalue weighted by molar-refractivity contribution is 7.99. The molecule has 1 amide bonds. The van der Waals surface area contributed by atoms with E-state index in [-0.39, 0.29) is 22.4 Å². The molecule has 2 aromatic carbocycles. The lowest BCUT2D eigenvalue weighted by Gasteiger charge is -2.11. The highest BCUT2D eigenvalue weighted by atomic mass is 35.5. The van der Waals surface area contributed by atoms with Crippen LogP contribution < -0.4 is 10.1 Å². The lowest BCUT2D eigenvalue weighted by Crippen LogP contribution is -2.15. The zero-order valence-electron chi connectivity index (χ0n) is 15.5. The SMILES string of the molecule is Cc1ccccc1-n1c(C)nnc1SCC(=O)Nc1ccc(OC(F)F)c(Cl)c1. The Morgan fingerprint density at radius 3 is 2.69 bits per heavy atom. The summed E-state index contributed by atoms with van der Waals surface area (Å²) in [6.07, 6.45) is 0. The fraction of sp³-hybridized carbons (Fsp3) is 0.211. The maximum atomic E-state index is 12.3. The molecular formula is C19H17ClF2N4O2S. The van der Waals surface area contributed by atoms with E-state index in [9.17, 15) is 13.6 Å². The van der Waals surface area contributed by atoms with Gasteiger partial charge in [0.1, 0.15) is 11.6 Å². The number of hydrogen-bond acceptors (Lipinski definition) is 5. The number of carbonyl (C=O) groups excluding carboxylic acids is 1. The van der Waals surface area contributed by atoms with Gasteiger partial charge in [0.25, 0.3) is 0 Å². The van der Waals surface area contributed by atoms with Crippen LogP contribution in [-0.2, 0) is 4.79 Å². The van der Waals surface area contributed by atoms with Crippen LogP contribution in [0.3, 0.4) is 0 Å². The van der Waals surface area contributed by atoms with E-state index >= 15 is 0 Å². The van der Waals surface area contributed by atoms with E-state index in [4.69, 9.17) is 11.6 Å². The summed E-state index contributed by atoms with van der Waals surface area (Å²) >= 11 is 7.13. The number of para-hydroxylation sites is 1. The molecule has 0 saturated heterocycles. The van der Waals surface area contributed by atoms with E-state index in [0.717, 1.165) is 11.3 Å². The van der Waals surface area contributed by atoms with Crippen molar-refractivity contribution in [3.63, 3.8) is 0 Å². The molecule has 0 bridgehead atoms. The summed E-state index contributed by atoms with van der Waals surface area (Å²) in [5, 5.41) is 11.5. The number of nitrogens with zero attached hydrogens (tertiary/aromatic N) is 3. The van der Waals surface area contributed by atoms with Gasteiger partial charge in [0.15, 0.2) is 5.16 Å². The van der Waals surface area contributed by atoms with Crippen LogP contribution in [0.1, 0.15) is 11.4 Å². The van der Waals surface area contributed by atoms with E-state index in [1.807, 2.05) is 42.7 Å².